The summed E-state index contributed by atoms with van der Waals surface area (Å²) in [7, 11) is 1.78. The molecule has 0 N–H and O–H groups in total. The molecule has 1 aliphatic heterocycles. The van der Waals surface area contributed by atoms with Gasteiger partial charge in [-0.25, -0.2) is 0 Å². The van der Waals surface area contributed by atoms with E-state index < -0.39 is 5.41 Å². The molecule has 1 unspecified atom stereocenters. The molecule has 3 rings (SSSR count). The predicted octanol–water partition coefficient (Wildman–Crippen LogP) is 4.24. The van der Waals surface area contributed by atoms with E-state index in [1.54, 1.807) is 36.2 Å². The Bertz CT molecular complexity index is 786. The summed E-state index contributed by atoms with van der Waals surface area (Å²) in [6.45, 7) is 1.92. The SMILES string of the molecule is CN1C(=O)C(C)(CCC(=O)c2cccc(Cl)c2)c2ccccc21. The van der Waals surface area contributed by atoms with Crippen LogP contribution in [0.2, 0.25) is 5.02 Å². The van der Waals surface area contributed by atoms with Gasteiger partial charge in [0.2, 0.25) is 5.91 Å². The van der Waals surface area contributed by atoms with Gasteiger partial charge in [0, 0.05) is 29.7 Å². The largest absolute Gasteiger partial charge is 0.314 e. The van der Waals surface area contributed by atoms with E-state index in [-0.39, 0.29) is 11.7 Å². The lowest BCUT2D eigenvalue weighted by atomic mass is 9.79. The highest BCUT2D eigenvalue weighted by molar-refractivity contribution is 6.31. The summed E-state index contributed by atoms with van der Waals surface area (Å²) in [4.78, 5) is 26.8. The lowest BCUT2D eigenvalue weighted by molar-refractivity contribution is -0.122. The number of carbonyl (C=O) groups excluding carboxylic acids is 2. The second-order valence-corrected chi connectivity index (χ2v) is 6.58. The van der Waals surface area contributed by atoms with Crippen molar-refractivity contribution in [2.45, 2.75) is 25.2 Å². The molecule has 0 spiro atoms. The number of likely N-dealkylation sites (N-methyl/N-ethyl adjacent to an activating group) is 1. The summed E-state index contributed by atoms with van der Waals surface area (Å²) in [5.74, 6) is 0.0474. The van der Waals surface area contributed by atoms with E-state index in [0.717, 1.165) is 11.3 Å². The number of amides is 1. The molecule has 0 bridgehead atoms. The van der Waals surface area contributed by atoms with Crippen molar-refractivity contribution in [3.63, 3.8) is 0 Å². The van der Waals surface area contributed by atoms with Crippen molar-refractivity contribution in [1.29, 1.82) is 0 Å². The molecule has 0 saturated heterocycles. The number of hydrogen-bond donors (Lipinski definition) is 0. The van der Waals surface area contributed by atoms with Crippen molar-refractivity contribution in [3.05, 3.63) is 64.7 Å². The lowest BCUT2D eigenvalue weighted by Crippen LogP contribution is -2.36. The molecular formula is C19H18ClNO2. The summed E-state index contributed by atoms with van der Waals surface area (Å²) in [5.41, 5.74) is 1.86. The molecule has 0 fully saturated rings. The molecule has 3 nitrogen and oxygen atoms in total. The lowest BCUT2D eigenvalue weighted by Gasteiger charge is -2.22. The highest BCUT2D eigenvalue weighted by atomic mass is 35.5. The molecule has 0 saturated carbocycles. The number of Topliss-reactive ketones (excluding diaryl/α,β-unsaturated/α-hetero) is 1. The molecule has 1 atom stereocenters. The summed E-state index contributed by atoms with van der Waals surface area (Å²) in [6.07, 6.45) is 0.795. The van der Waals surface area contributed by atoms with Crippen LogP contribution in [0, 0.1) is 0 Å². The number of ketones is 1. The minimum atomic E-state index is -0.653. The highest BCUT2D eigenvalue weighted by Gasteiger charge is 2.45. The molecule has 1 heterocycles. The molecule has 0 aromatic heterocycles. The number of para-hydroxylation sites is 1. The Labute approximate surface area is 140 Å². The van der Waals surface area contributed by atoms with Crippen LogP contribution in [-0.4, -0.2) is 18.7 Å². The summed E-state index contributed by atoms with van der Waals surface area (Å²) in [6, 6.07) is 14.7. The first-order valence-corrected chi connectivity index (χ1v) is 7.98. The Morgan fingerprint density at radius 3 is 2.65 bits per heavy atom. The van der Waals surface area contributed by atoms with E-state index in [4.69, 9.17) is 11.6 Å². The molecule has 0 radical (unpaired) electrons. The van der Waals surface area contributed by atoms with Gasteiger partial charge in [-0.2, -0.15) is 0 Å². The zero-order valence-electron chi connectivity index (χ0n) is 13.2. The normalized spacial score (nSPS) is 19.8. The monoisotopic (exact) mass is 327 g/mol. The van der Waals surface area contributed by atoms with Crippen molar-refractivity contribution in [1.82, 2.24) is 0 Å². The molecule has 1 aliphatic rings. The maximum atomic E-state index is 12.7. The third kappa shape index (κ3) is 2.66. The number of rotatable bonds is 4. The number of anilines is 1. The zero-order chi connectivity index (χ0) is 16.6. The second kappa shape index (κ2) is 5.82. The first-order chi connectivity index (χ1) is 10.9. The van der Waals surface area contributed by atoms with Crippen LogP contribution in [-0.2, 0) is 10.2 Å². The number of benzene rings is 2. The standard InChI is InChI=1S/C19H18ClNO2/c1-19(11-10-17(22)13-6-5-7-14(20)12-13)15-8-3-4-9-16(15)21(2)18(19)23/h3-9,12H,10-11H2,1-2H3. The Morgan fingerprint density at radius 1 is 1.17 bits per heavy atom. The number of halogens is 1. The molecule has 1 amide bonds. The summed E-state index contributed by atoms with van der Waals surface area (Å²) >= 11 is 5.94. The smallest absolute Gasteiger partial charge is 0.237 e. The van der Waals surface area contributed by atoms with Crippen LogP contribution in [0.25, 0.3) is 0 Å². The van der Waals surface area contributed by atoms with Crippen LogP contribution in [0.3, 0.4) is 0 Å². The first-order valence-electron chi connectivity index (χ1n) is 7.60. The maximum Gasteiger partial charge on any atom is 0.237 e. The van der Waals surface area contributed by atoms with Crippen molar-refractivity contribution in [2.24, 2.45) is 0 Å². The molecular weight excluding hydrogens is 310 g/mol. The van der Waals surface area contributed by atoms with Gasteiger partial charge in [0.05, 0.1) is 5.41 Å². The molecule has 4 heteroatoms. The fraction of sp³-hybridized carbons (Fsp3) is 0.263. The summed E-state index contributed by atoms with van der Waals surface area (Å²) in [5, 5.41) is 0.545. The average Bonchev–Trinajstić information content (AvgIpc) is 2.75. The zero-order valence-corrected chi connectivity index (χ0v) is 13.9. The van der Waals surface area contributed by atoms with Crippen LogP contribution >= 0.6 is 11.6 Å². The van der Waals surface area contributed by atoms with Gasteiger partial charge in [-0.15, -0.1) is 0 Å². The van der Waals surface area contributed by atoms with Gasteiger partial charge >= 0.3 is 0 Å². The second-order valence-electron chi connectivity index (χ2n) is 6.15. The van der Waals surface area contributed by atoms with Crippen LogP contribution in [0.5, 0.6) is 0 Å². The predicted molar refractivity (Wildman–Crippen MR) is 92.2 cm³/mol. The Hall–Kier alpha value is -2.13. The molecule has 23 heavy (non-hydrogen) atoms. The van der Waals surface area contributed by atoms with Gasteiger partial charge in [-0.05, 0) is 37.1 Å². The van der Waals surface area contributed by atoms with Crippen molar-refractivity contribution in [2.75, 3.05) is 11.9 Å². The number of carbonyl (C=O) groups is 2. The minimum Gasteiger partial charge on any atom is -0.314 e. The first kappa shape index (κ1) is 15.8. The Balaban J connectivity index is 1.82. The highest BCUT2D eigenvalue weighted by Crippen LogP contribution is 2.43. The maximum absolute atomic E-state index is 12.7. The van der Waals surface area contributed by atoms with E-state index in [1.807, 2.05) is 31.2 Å². The fourth-order valence-electron chi connectivity index (χ4n) is 3.24. The van der Waals surface area contributed by atoms with Gasteiger partial charge in [0.1, 0.15) is 0 Å². The third-order valence-corrected chi connectivity index (χ3v) is 4.87. The number of hydrogen-bond acceptors (Lipinski definition) is 2. The average molecular weight is 328 g/mol. The number of fused-ring (bicyclic) bond motifs is 1. The van der Waals surface area contributed by atoms with Crippen molar-refractivity contribution < 1.29 is 9.59 Å². The van der Waals surface area contributed by atoms with Gasteiger partial charge in [-0.1, -0.05) is 41.9 Å². The Morgan fingerprint density at radius 2 is 1.91 bits per heavy atom. The fourth-order valence-corrected chi connectivity index (χ4v) is 3.43. The topological polar surface area (TPSA) is 37.4 Å². The van der Waals surface area contributed by atoms with Gasteiger partial charge in [0.15, 0.2) is 5.78 Å². The quantitative estimate of drug-likeness (QED) is 0.788. The molecule has 2 aromatic rings. The third-order valence-electron chi connectivity index (χ3n) is 4.64. The van der Waals surface area contributed by atoms with Crippen molar-refractivity contribution >= 4 is 29.0 Å². The van der Waals surface area contributed by atoms with Crippen molar-refractivity contribution in [3.8, 4) is 0 Å². The van der Waals surface area contributed by atoms with E-state index >= 15 is 0 Å². The van der Waals surface area contributed by atoms with Gasteiger partial charge in [-0.3, -0.25) is 9.59 Å². The summed E-state index contributed by atoms with van der Waals surface area (Å²) < 4.78 is 0. The van der Waals surface area contributed by atoms with Crippen LogP contribution in [0.15, 0.2) is 48.5 Å². The van der Waals surface area contributed by atoms with E-state index in [9.17, 15) is 9.59 Å². The van der Waals surface area contributed by atoms with Gasteiger partial charge in [0.25, 0.3) is 0 Å². The molecule has 118 valence electrons. The minimum absolute atomic E-state index is 0.00793. The van der Waals surface area contributed by atoms with E-state index in [0.29, 0.717) is 23.4 Å². The Kier molecular flexibility index (Phi) is 3.99. The van der Waals surface area contributed by atoms with Crippen LogP contribution in [0.1, 0.15) is 35.7 Å². The van der Waals surface area contributed by atoms with Crippen LogP contribution in [0.4, 0.5) is 5.69 Å². The van der Waals surface area contributed by atoms with E-state index in [2.05, 4.69) is 0 Å². The number of nitrogens with zero attached hydrogens (tertiary/aromatic N) is 1. The van der Waals surface area contributed by atoms with Gasteiger partial charge < -0.3 is 4.90 Å². The molecule has 2 aromatic carbocycles. The molecule has 0 aliphatic carbocycles. The van der Waals surface area contributed by atoms with E-state index in [1.165, 1.54) is 0 Å². The van der Waals surface area contributed by atoms with Crippen LogP contribution < -0.4 is 4.90 Å².